The molecule has 3 N–H and O–H groups in total. The maximum atomic E-state index is 5.70. The lowest BCUT2D eigenvalue weighted by Gasteiger charge is -2.39. The molecule has 1 fully saturated rings. The molecule has 154 valence electrons. The molecule has 1 aromatic carbocycles. The summed E-state index contributed by atoms with van der Waals surface area (Å²) in [5, 5.41) is 11.6. The third-order valence-corrected chi connectivity index (χ3v) is 5.80. The van der Waals surface area contributed by atoms with E-state index in [9.17, 15) is 0 Å². The SMILES string of the molecule is CCCNC(=S)N1CCc2cc(OC)c(OC)cc2[C@@H]1CNC(=S)NC1CC1. The molecule has 0 unspecified atom stereocenters. The third kappa shape index (κ3) is 4.97. The second-order valence-corrected chi connectivity index (χ2v) is 8.02. The lowest BCUT2D eigenvalue weighted by Crippen LogP contribution is -2.50. The van der Waals surface area contributed by atoms with Gasteiger partial charge in [0, 0.05) is 25.7 Å². The monoisotopic (exact) mass is 422 g/mol. The zero-order valence-corrected chi connectivity index (χ0v) is 18.5. The van der Waals surface area contributed by atoms with Crippen LogP contribution in [0.4, 0.5) is 0 Å². The largest absolute Gasteiger partial charge is 0.493 e. The number of methoxy groups -OCH3 is 2. The summed E-state index contributed by atoms with van der Waals surface area (Å²) in [5.74, 6) is 1.50. The molecular weight excluding hydrogens is 392 g/mol. The van der Waals surface area contributed by atoms with Gasteiger partial charge in [0.25, 0.3) is 0 Å². The molecule has 1 aliphatic carbocycles. The first-order valence-corrected chi connectivity index (χ1v) is 10.7. The van der Waals surface area contributed by atoms with Crippen molar-refractivity contribution >= 4 is 34.7 Å². The summed E-state index contributed by atoms with van der Waals surface area (Å²) in [6.45, 7) is 4.54. The van der Waals surface area contributed by atoms with E-state index in [4.69, 9.17) is 33.9 Å². The fourth-order valence-electron chi connectivity index (χ4n) is 3.48. The van der Waals surface area contributed by atoms with E-state index in [2.05, 4.69) is 39.9 Å². The summed E-state index contributed by atoms with van der Waals surface area (Å²) in [4.78, 5) is 2.26. The molecule has 1 saturated carbocycles. The lowest BCUT2D eigenvalue weighted by molar-refractivity contribution is 0.290. The fourth-order valence-corrected chi connectivity index (χ4v) is 4.05. The van der Waals surface area contributed by atoms with Gasteiger partial charge in [-0.15, -0.1) is 0 Å². The van der Waals surface area contributed by atoms with Crippen molar-refractivity contribution in [1.82, 2.24) is 20.9 Å². The average Bonchev–Trinajstić information content (AvgIpc) is 3.52. The minimum absolute atomic E-state index is 0.0689. The Morgan fingerprint density at radius 3 is 2.50 bits per heavy atom. The van der Waals surface area contributed by atoms with Gasteiger partial charge in [0.05, 0.1) is 20.3 Å². The average molecular weight is 423 g/mol. The van der Waals surface area contributed by atoms with Crippen molar-refractivity contribution in [3.63, 3.8) is 0 Å². The molecule has 0 aromatic heterocycles. The van der Waals surface area contributed by atoms with E-state index in [1.54, 1.807) is 14.2 Å². The van der Waals surface area contributed by atoms with Crippen molar-refractivity contribution < 1.29 is 9.47 Å². The first kappa shape index (κ1) is 20.9. The smallest absolute Gasteiger partial charge is 0.169 e. The van der Waals surface area contributed by atoms with Crippen molar-refractivity contribution in [2.24, 2.45) is 0 Å². The maximum absolute atomic E-state index is 5.70. The zero-order chi connectivity index (χ0) is 20.1. The van der Waals surface area contributed by atoms with Gasteiger partial charge in [-0.05, 0) is 73.4 Å². The Morgan fingerprint density at radius 1 is 1.14 bits per heavy atom. The molecule has 6 nitrogen and oxygen atoms in total. The molecule has 2 aliphatic rings. The Balaban J connectivity index is 1.83. The number of benzene rings is 1. The van der Waals surface area contributed by atoms with E-state index in [1.165, 1.54) is 24.0 Å². The normalized spacial score (nSPS) is 18.1. The van der Waals surface area contributed by atoms with Crippen LogP contribution in [0.2, 0.25) is 0 Å². The fraction of sp³-hybridized carbons (Fsp3) is 0.600. The van der Waals surface area contributed by atoms with Crippen LogP contribution in [0.25, 0.3) is 0 Å². The number of fused-ring (bicyclic) bond motifs is 1. The summed E-state index contributed by atoms with van der Waals surface area (Å²) in [6, 6.07) is 4.76. The van der Waals surface area contributed by atoms with Crippen LogP contribution in [-0.4, -0.2) is 55.0 Å². The third-order valence-electron chi connectivity index (χ3n) is 5.16. The van der Waals surface area contributed by atoms with Gasteiger partial charge in [-0.2, -0.15) is 0 Å². The predicted octanol–water partition coefficient (Wildman–Crippen LogP) is 2.51. The summed E-state index contributed by atoms with van der Waals surface area (Å²) in [6.07, 6.45) is 4.34. The predicted molar refractivity (Wildman–Crippen MR) is 120 cm³/mol. The Kier molecular flexibility index (Phi) is 7.18. The van der Waals surface area contributed by atoms with E-state index in [1.807, 2.05) is 0 Å². The maximum Gasteiger partial charge on any atom is 0.169 e. The highest BCUT2D eigenvalue weighted by molar-refractivity contribution is 7.80. The van der Waals surface area contributed by atoms with E-state index in [0.717, 1.165) is 42.5 Å². The molecule has 0 radical (unpaired) electrons. The highest BCUT2D eigenvalue weighted by atomic mass is 32.1. The number of nitrogens with zero attached hydrogens (tertiary/aromatic N) is 1. The summed E-state index contributed by atoms with van der Waals surface area (Å²) < 4.78 is 11.0. The number of ether oxygens (including phenoxy) is 2. The van der Waals surface area contributed by atoms with Crippen LogP contribution in [0.3, 0.4) is 0 Å². The molecule has 0 bridgehead atoms. The number of hydrogen-bond acceptors (Lipinski definition) is 4. The molecule has 1 aromatic rings. The Bertz CT molecular complexity index is 724. The van der Waals surface area contributed by atoms with Crippen LogP contribution in [-0.2, 0) is 6.42 Å². The molecular formula is C20H30N4O2S2. The second-order valence-electron chi connectivity index (χ2n) is 7.23. The number of rotatable bonds is 7. The zero-order valence-electron chi connectivity index (χ0n) is 16.8. The van der Waals surface area contributed by atoms with Crippen molar-refractivity contribution in [1.29, 1.82) is 0 Å². The van der Waals surface area contributed by atoms with Gasteiger partial charge in [-0.3, -0.25) is 0 Å². The van der Waals surface area contributed by atoms with Gasteiger partial charge in [0.1, 0.15) is 0 Å². The Hall–Kier alpha value is -1.80. The molecule has 1 aliphatic heterocycles. The highest BCUT2D eigenvalue weighted by Gasteiger charge is 2.31. The van der Waals surface area contributed by atoms with Crippen molar-refractivity contribution in [2.75, 3.05) is 33.9 Å². The summed E-state index contributed by atoms with van der Waals surface area (Å²) in [5.41, 5.74) is 2.46. The number of thiocarbonyl (C=S) groups is 2. The first-order chi connectivity index (χ1) is 13.6. The van der Waals surface area contributed by atoms with Crippen LogP contribution >= 0.6 is 24.4 Å². The molecule has 8 heteroatoms. The number of nitrogens with one attached hydrogen (secondary N) is 3. The van der Waals surface area contributed by atoms with Gasteiger partial charge < -0.3 is 30.3 Å². The molecule has 28 heavy (non-hydrogen) atoms. The molecule has 1 heterocycles. The van der Waals surface area contributed by atoms with Crippen LogP contribution in [0, 0.1) is 0 Å². The highest BCUT2D eigenvalue weighted by Crippen LogP contribution is 2.38. The van der Waals surface area contributed by atoms with E-state index in [0.29, 0.717) is 17.7 Å². The summed E-state index contributed by atoms with van der Waals surface area (Å²) >= 11 is 11.2. The van der Waals surface area contributed by atoms with Crippen molar-refractivity contribution in [3.05, 3.63) is 23.3 Å². The van der Waals surface area contributed by atoms with E-state index < -0.39 is 0 Å². The van der Waals surface area contributed by atoms with E-state index in [-0.39, 0.29) is 6.04 Å². The Labute approximate surface area is 178 Å². The van der Waals surface area contributed by atoms with Gasteiger partial charge in [0.15, 0.2) is 21.7 Å². The second kappa shape index (κ2) is 9.60. The summed E-state index contributed by atoms with van der Waals surface area (Å²) in [7, 11) is 3.34. The first-order valence-electron chi connectivity index (χ1n) is 9.91. The molecule has 1 atom stereocenters. The molecule has 0 saturated heterocycles. The van der Waals surface area contributed by atoms with Gasteiger partial charge in [-0.25, -0.2) is 0 Å². The standard InChI is InChI=1S/C20H30N4O2S2/c1-4-8-21-20(28)24-9-7-13-10-17(25-2)18(26-3)11-15(13)16(24)12-22-19(27)23-14-5-6-14/h10-11,14,16H,4-9,12H2,1-3H3,(H,21,28)(H2,22,23,27)/t16-/m0/s1. The lowest BCUT2D eigenvalue weighted by atomic mass is 9.92. The molecule has 0 spiro atoms. The van der Waals surface area contributed by atoms with Crippen LogP contribution < -0.4 is 25.4 Å². The van der Waals surface area contributed by atoms with Crippen LogP contribution in [0.1, 0.15) is 43.4 Å². The minimum atomic E-state index is 0.0689. The van der Waals surface area contributed by atoms with Crippen LogP contribution in [0.5, 0.6) is 11.5 Å². The number of hydrogen-bond donors (Lipinski definition) is 3. The van der Waals surface area contributed by atoms with Crippen LogP contribution in [0.15, 0.2) is 12.1 Å². The quantitative estimate of drug-likeness (QED) is 0.580. The molecule has 3 rings (SSSR count). The topological polar surface area (TPSA) is 57.8 Å². The Morgan fingerprint density at radius 2 is 1.86 bits per heavy atom. The van der Waals surface area contributed by atoms with Gasteiger partial charge in [-0.1, -0.05) is 6.92 Å². The van der Waals surface area contributed by atoms with Gasteiger partial charge in [0.2, 0.25) is 0 Å². The minimum Gasteiger partial charge on any atom is -0.493 e. The van der Waals surface area contributed by atoms with Crippen molar-refractivity contribution in [2.45, 2.75) is 44.7 Å². The van der Waals surface area contributed by atoms with E-state index >= 15 is 0 Å². The molecule has 0 amide bonds. The van der Waals surface area contributed by atoms with Crippen molar-refractivity contribution in [3.8, 4) is 11.5 Å². The van der Waals surface area contributed by atoms with Gasteiger partial charge >= 0.3 is 0 Å².